The zero-order valence-corrected chi connectivity index (χ0v) is 48.8. The molecule has 0 aliphatic carbocycles. The first-order valence-corrected chi connectivity index (χ1v) is 28.2. The number of aliphatic hydroxyl groups is 4. The Hall–Kier alpha value is -3.74. The molecule has 442 valence electrons. The molecule has 0 saturated carbocycles. The fourth-order valence-corrected chi connectivity index (χ4v) is 13.1. The summed E-state index contributed by atoms with van der Waals surface area (Å²) in [7, 11) is 6.97. The molecule has 2 aromatic rings. The molecule has 20 nitrogen and oxygen atoms in total. The smallest absolute Gasteiger partial charge is 0.309 e. The van der Waals surface area contributed by atoms with E-state index < -0.39 is 102 Å². The lowest BCUT2D eigenvalue weighted by Crippen LogP contribution is -2.60. The molecule has 4 aliphatic rings. The fraction of sp³-hybridized carbons (Fsp3) is 0.807. The number of halogens is 1. The van der Waals surface area contributed by atoms with Crippen LogP contribution in [0.1, 0.15) is 135 Å². The predicted molar refractivity (Wildman–Crippen MR) is 289 cm³/mol. The van der Waals surface area contributed by atoms with Gasteiger partial charge in [-0.25, -0.2) is 9.07 Å². The molecule has 6 rings (SSSR count). The highest BCUT2D eigenvalue weighted by molar-refractivity contribution is 5.97. The number of nitrogens with zero attached hydrogens (tertiary/aromatic N) is 6. The van der Waals surface area contributed by atoms with Gasteiger partial charge in [0.1, 0.15) is 42.7 Å². The first kappa shape index (κ1) is 63.4. The van der Waals surface area contributed by atoms with Crippen LogP contribution in [0.5, 0.6) is 0 Å². The molecule has 1 aromatic carbocycles. The van der Waals surface area contributed by atoms with Crippen molar-refractivity contribution in [3.63, 3.8) is 0 Å². The minimum Gasteiger partial charge on any atom is -0.459 e. The molecule has 4 saturated heterocycles. The Bertz CT molecular complexity index is 2260. The number of hydrogen-bond acceptors (Lipinski definition) is 17. The first-order chi connectivity index (χ1) is 36.7. The Balaban J connectivity index is 1.19. The van der Waals surface area contributed by atoms with E-state index in [1.54, 1.807) is 65.3 Å². The van der Waals surface area contributed by atoms with Crippen LogP contribution in [-0.2, 0) is 44.4 Å². The number of ether oxygens (including phenoxy) is 6. The summed E-state index contributed by atoms with van der Waals surface area (Å²) < 4.78 is 54.6. The normalized spacial score (nSPS) is 38.0. The number of aromatic nitrogens is 3. The van der Waals surface area contributed by atoms with Crippen LogP contribution in [0.4, 0.5) is 4.39 Å². The van der Waals surface area contributed by atoms with E-state index in [-0.39, 0.29) is 62.0 Å². The van der Waals surface area contributed by atoms with Crippen molar-refractivity contribution in [1.82, 2.24) is 35.0 Å². The summed E-state index contributed by atoms with van der Waals surface area (Å²) in [6.45, 7) is 19.5. The first-order valence-electron chi connectivity index (χ1n) is 28.2. The third kappa shape index (κ3) is 14.7. The van der Waals surface area contributed by atoms with Crippen molar-refractivity contribution in [3.05, 3.63) is 47.3 Å². The number of carbonyl (C=O) groups excluding carboxylic acids is 3. The molecule has 5 N–H and O–H groups in total. The maximum atomic E-state index is 14.9. The molecule has 2 amide bonds. The topological polar surface area (TPSA) is 240 Å². The van der Waals surface area contributed by atoms with Gasteiger partial charge in [-0.1, -0.05) is 45.0 Å². The number of hydrogen-bond donors (Lipinski definition) is 5. The summed E-state index contributed by atoms with van der Waals surface area (Å²) in [6.07, 6.45) is -2.33. The molecule has 4 aliphatic heterocycles. The highest BCUT2D eigenvalue weighted by Crippen LogP contribution is 2.44. The van der Waals surface area contributed by atoms with Crippen molar-refractivity contribution in [2.75, 3.05) is 74.3 Å². The molecule has 1 unspecified atom stereocenters. The summed E-state index contributed by atoms with van der Waals surface area (Å²) in [5.41, 5.74) is -2.55. The number of carbonyl (C=O) groups is 3. The molecule has 19 atom stereocenters. The summed E-state index contributed by atoms with van der Waals surface area (Å²) in [5, 5.41) is 59.3. The van der Waals surface area contributed by atoms with Gasteiger partial charge in [-0.3, -0.25) is 14.4 Å². The Morgan fingerprint density at radius 3 is 2.32 bits per heavy atom. The van der Waals surface area contributed by atoms with Crippen molar-refractivity contribution in [3.8, 4) is 0 Å². The number of alkyl halides is 1. The lowest BCUT2D eigenvalue weighted by atomic mass is 9.68. The van der Waals surface area contributed by atoms with Crippen LogP contribution in [-0.4, -0.2) is 220 Å². The van der Waals surface area contributed by atoms with Crippen molar-refractivity contribution in [1.29, 1.82) is 0 Å². The van der Waals surface area contributed by atoms with Crippen molar-refractivity contribution in [2.24, 2.45) is 23.7 Å². The molecule has 5 heterocycles. The van der Waals surface area contributed by atoms with Crippen molar-refractivity contribution >= 4 is 17.8 Å². The number of benzene rings is 1. The monoisotopic (exact) mass is 1100 g/mol. The van der Waals surface area contributed by atoms with E-state index >= 15 is 0 Å². The predicted octanol–water partition coefficient (Wildman–Crippen LogP) is 3.92. The average molecular weight is 1100 g/mol. The second-order valence-corrected chi connectivity index (χ2v) is 24.1. The fourth-order valence-electron chi connectivity index (χ4n) is 13.1. The van der Waals surface area contributed by atoms with Gasteiger partial charge in [-0.2, -0.15) is 0 Å². The number of aliphatic hydroxyl groups excluding tert-OH is 2. The minimum atomic E-state index is -1.80. The van der Waals surface area contributed by atoms with E-state index in [4.69, 9.17) is 28.4 Å². The lowest BCUT2D eigenvalue weighted by molar-refractivity contribution is -0.242. The molecule has 0 bridgehead atoms. The number of likely N-dealkylation sites (N-methyl/N-ethyl adjacent to an activating group) is 2. The Morgan fingerprint density at radius 2 is 1.69 bits per heavy atom. The standard InChI is InChI=1S/C57H94FN7O13/c1-15-46-57(10,72)50(67)37(6)63(12)29-33(2)26-55(8,71)52(35(4)48(36(5)54(70)78-46)45-27-56(9,74-14)51(68)38(7)77-45)75-32-43-25-42(24-34(3)76-43)62(11)22-20-41-30-65(61-60-41)44(28-58)49(73-13)39-16-18-40(19-17-39)53(69)64-23-21-59-47(66)31-64/h16-19,30,33-38,42-46,48-52,67-68,71-72H,15,20-29,31-32H2,1-14H3,(H,59,66)/t33-,34-,35+,36-,37-,38+,42+,43-,44-,45-,46-,48?,49-,50-,51+,52-,55-,56-,57-/m1/s1. The Labute approximate surface area is 461 Å². The van der Waals surface area contributed by atoms with Crippen LogP contribution in [0.3, 0.4) is 0 Å². The molecular formula is C57H94FN7O13. The van der Waals surface area contributed by atoms with Gasteiger partial charge >= 0.3 is 5.97 Å². The number of cyclic esters (lactones) is 1. The zero-order chi connectivity index (χ0) is 57.6. The molecule has 78 heavy (non-hydrogen) atoms. The largest absolute Gasteiger partial charge is 0.459 e. The van der Waals surface area contributed by atoms with E-state index in [9.17, 15) is 39.2 Å². The van der Waals surface area contributed by atoms with Crippen LogP contribution >= 0.6 is 0 Å². The van der Waals surface area contributed by atoms with Crippen molar-refractivity contribution in [2.45, 2.75) is 198 Å². The summed E-state index contributed by atoms with van der Waals surface area (Å²) in [4.78, 5) is 45.3. The van der Waals surface area contributed by atoms with E-state index in [0.717, 1.165) is 6.42 Å². The third-order valence-electron chi connectivity index (χ3n) is 17.8. The summed E-state index contributed by atoms with van der Waals surface area (Å²) in [6, 6.07) is 5.49. The zero-order valence-electron chi connectivity index (χ0n) is 48.8. The molecule has 21 heteroatoms. The minimum absolute atomic E-state index is 0.00577. The second-order valence-electron chi connectivity index (χ2n) is 24.1. The number of rotatable bonds is 16. The van der Waals surface area contributed by atoms with Gasteiger partial charge in [0.25, 0.3) is 5.91 Å². The maximum absolute atomic E-state index is 14.9. The Kier molecular flexibility index (Phi) is 21.9. The van der Waals surface area contributed by atoms with Crippen LogP contribution in [0.25, 0.3) is 0 Å². The van der Waals surface area contributed by atoms with Gasteiger partial charge in [0.15, 0.2) is 0 Å². The van der Waals surface area contributed by atoms with E-state index in [1.165, 1.54) is 23.6 Å². The van der Waals surface area contributed by atoms with Gasteiger partial charge in [0, 0.05) is 83.0 Å². The lowest BCUT2D eigenvalue weighted by Gasteiger charge is -2.50. The maximum Gasteiger partial charge on any atom is 0.309 e. The van der Waals surface area contributed by atoms with Gasteiger partial charge in [0.05, 0.1) is 66.5 Å². The number of piperazine rings is 1. The van der Waals surface area contributed by atoms with Gasteiger partial charge in [0.2, 0.25) is 5.91 Å². The number of methoxy groups -OCH3 is 2. The molecule has 1 aromatic heterocycles. The summed E-state index contributed by atoms with van der Waals surface area (Å²) in [5.74, 6) is -3.27. The van der Waals surface area contributed by atoms with Gasteiger partial charge < -0.3 is 68.9 Å². The van der Waals surface area contributed by atoms with Crippen LogP contribution in [0.2, 0.25) is 0 Å². The highest BCUT2D eigenvalue weighted by Gasteiger charge is 2.54. The number of esters is 1. The van der Waals surface area contributed by atoms with Gasteiger partial charge in [-0.15, -0.1) is 5.10 Å². The molecule has 0 radical (unpaired) electrons. The molecular weight excluding hydrogens is 1010 g/mol. The summed E-state index contributed by atoms with van der Waals surface area (Å²) >= 11 is 0. The number of amides is 2. The molecule has 4 fully saturated rings. The third-order valence-corrected chi connectivity index (χ3v) is 17.8. The highest BCUT2D eigenvalue weighted by atomic mass is 19.1. The SMILES string of the molecule is CC[C@H]1OC(=O)[C@H](C)C([C@H]2C[C@@](C)(OC)[C@@H](O)[C@H](C)O2)[C@H](C)[C@@H](OC[C@H]2C[C@@H](N(C)CCc3cn([C@H](CF)[C@H](OC)c4ccc(C(=O)N5CCNC(=O)C5)cc4)nn3)C[C@@H](C)O2)[C@](C)(O)C[C@@H](C)CN(C)[C@H](C)[C@@H](O)[C@]1(C)O. The van der Waals surface area contributed by atoms with Crippen LogP contribution in [0.15, 0.2) is 30.5 Å². The second kappa shape index (κ2) is 26.9. The quantitative estimate of drug-likeness (QED) is 0.150. The van der Waals surface area contributed by atoms with E-state index in [0.29, 0.717) is 62.3 Å². The Morgan fingerprint density at radius 1 is 1.00 bits per heavy atom. The van der Waals surface area contributed by atoms with Crippen molar-refractivity contribution < 1.29 is 67.6 Å². The van der Waals surface area contributed by atoms with Gasteiger partial charge in [-0.05, 0) is 111 Å². The van der Waals surface area contributed by atoms with Crippen LogP contribution < -0.4 is 5.32 Å². The number of nitrogens with one attached hydrogen (secondary N) is 1. The van der Waals surface area contributed by atoms with E-state index in [2.05, 4.69) is 27.6 Å². The van der Waals surface area contributed by atoms with E-state index in [1.807, 2.05) is 46.6 Å². The van der Waals surface area contributed by atoms with Crippen LogP contribution in [0, 0.1) is 23.7 Å². The average Bonchev–Trinajstić information content (AvgIpc) is 3.88. The molecule has 0 spiro atoms.